The van der Waals surface area contributed by atoms with Crippen LogP contribution in [0, 0.1) is 5.92 Å². The quantitative estimate of drug-likeness (QED) is 0.927. The lowest BCUT2D eigenvalue weighted by molar-refractivity contribution is -0.134. The van der Waals surface area contributed by atoms with E-state index in [1.165, 1.54) is 0 Å². The minimum Gasteiger partial charge on any atom is -0.377 e. The van der Waals surface area contributed by atoms with Crippen LogP contribution in [0.4, 0.5) is 0 Å². The number of rotatable bonds is 4. The number of hydrogen-bond donors (Lipinski definition) is 1. The van der Waals surface area contributed by atoms with Gasteiger partial charge in [0.1, 0.15) is 0 Å². The van der Waals surface area contributed by atoms with Crippen LogP contribution >= 0.6 is 0 Å². The zero-order valence-electron chi connectivity index (χ0n) is 12.2. The van der Waals surface area contributed by atoms with Crippen LogP contribution in [-0.2, 0) is 16.1 Å². The van der Waals surface area contributed by atoms with Crippen molar-refractivity contribution in [3.8, 4) is 0 Å². The highest BCUT2D eigenvalue weighted by Crippen LogP contribution is 2.23. The molecule has 0 spiro atoms. The van der Waals surface area contributed by atoms with Gasteiger partial charge in [0.15, 0.2) is 11.5 Å². The van der Waals surface area contributed by atoms with Crippen LogP contribution in [0.25, 0.3) is 5.65 Å². The molecule has 2 atom stereocenters. The number of nitrogens with zero attached hydrogens (tertiary/aromatic N) is 3. The first-order chi connectivity index (χ1) is 10.3. The fourth-order valence-corrected chi connectivity index (χ4v) is 2.85. The molecule has 1 fully saturated rings. The van der Waals surface area contributed by atoms with Crippen LogP contribution in [0.5, 0.6) is 0 Å². The van der Waals surface area contributed by atoms with Crippen LogP contribution < -0.4 is 5.32 Å². The van der Waals surface area contributed by atoms with Gasteiger partial charge in [-0.05, 0) is 31.4 Å². The predicted octanol–water partition coefficient (Wildman–Crippen LogP) is 1.55. The van der Waals surface area contributed by atoms with E-state index in [0.717, 1.165) is 37.3 Å². The third-order valence-corrected chi connectivity index (χ3v) is 3.98. The Morgan fingerprint density at radius 3 is 3.24 bits per heavy atom. The van der Waals surface area contributed by atoms with Gasteiger partial charge < -0.3 is 10.1 Å². The number of ether oxygens (including phenoxy) is 1. The molecule has 2 unspecified atom stereocenters. The molecule has 1 amide bonds. The number of carbonyl (C=O) groups excluding carboxylic acids is 1. The number of hydrogen-bond acceptors (Lipinski definition) is 4. The maximum atomic E-state index is 12.4. The zero-order chi connectivity index (χ0) is 14.7. The van der Waals surface area contributed by atoms with E-state index in [0.29, 0.717) is 6.54 Å². The van der Waals surface area contributed by atoms with Crippen molar-refractivity contribution in [1.29, 1.82) is 0 Å². The van der Waals surface area contributed by atoms with Gasteiger partial charge in [-0.1, -0.05) is 13.0 Å². The van der Waals surface area contributed by atoms with E-state index >= 15 is 0 Å². The summed E-state index contributed by atoms with van der Waals surface area (Å²) in [6, 6.07) is 5.72. The Labute approximate surface area is 123 Å². The Hall–Kier alpha value is -1.95. The Bertz CT molecular complexity index is 625. The van der Waals surface area contributed by atoms with Crippen LogP contribution in [0.3, 0.4) is 0 Å². The summed E-state index contributed by atoms with van der Waals surface area (Å²) < 4.78 is 7.56. The molecule has 1 aliphatic heterocycles. The number of fused-ring (bicyclic) bond motifs is 1. The van der Waals surface area contributed by atoms with Gasteiger partial charge in [0.2, 0.25) is 5.91 Å². The third-order valence-electron chi connectivity index (χ3n) is 3.98. The van der Waals surface area contributed by atoms with Crippen molar-refractivity contribution in [3.05, 3.63) is 30.2 Å². The van der Waals surface area contributed by atoms with E-state index in [9.17, 15) is 4.79 Å². The van der Waals surface area contributed by atoms with Crippen LogP contribution in [0.15, 0.2) is 24.4 Å². The molecule has 1 aliphatic rings. The lowest BCUT2D eigenvalue weighted by atomic mass is 9.92. The molecule has 0 aromatic carbocycles. The number of aromatic nitrogens is 3. The largest absolute Gasteiger partial charge is 0.377 e. The number of amides is 1. The fraction of sp³-hybridized carbons (Fsp3) is 0.533. The molecule has 2 aromatic rings. The van der Waals surface area contributed by atoms with E-state index in [1.807, 2.05) is 28.8 Å². The van der Waals surface area contributed by atoms with Gasteiger partial charge in [-0.3, -0.25) is 9.20 Å². The van der Waals surface area contributed by atoms with Crippen molar-refractivity contribution in [2.75, 3.05) is 6.61 Å². The molecule has 0 radical (unpaired) electrons. The highest BCUT2D eigenvalue weighted by molar-refractivity contribution is 5.79. The maximum absolute atomic E-state index is 12.4. The second kappa shape index (κ2) is 6.22. The molecular weight excluding hydrogens is 268 g/mol. The molecule has 0 saturated carbocycles. The molecule has 0 bridgehead atoms. The van der Waals surface area contributed by atoms with Crippen molar-refractivity contribution in [1.82, 2.24) is 19.9 Å². The highest BCUT2D eigenvalue weighted by Gasteiger charge is 2.30. The second-order valence-electron chi connectivity index (χ2n) is 5.33. The lowest BCUT2D eigenvalue weighted by Gasteiger charge is -2.29. The molecule has 6 nitrogen and oxygen atoms in total. The summed E-state index contributed by atoms with van der Waals surface area (Å²) in [7, 11) is 0. The highest BCUT2D eigenvalue weighted by atomic mass is 16.5. The van der Waals surface area contributed by atoms with Crippen LogP contribution in [-0.4, -0.2) is 33.2 Å². The normalized spacial score (nSPS) is 22.3. The molecule has 3 heterocycles. The number of nitrogens with one attached hydrogen (secondary N) is 1. The molecule has 3 rings (SSSR count). The molecule has 0 aliphatic carbocycles. The molecule has 6 heteroatoms. The standard InChI is InChI=1S/C15H20N4O2/c1-2-12-11(6-5-9-21-12)15(20)16-10-14-18-17-13-7-3-4-8-19(13)14/h3-4,7-8,11-12H,2,5-6,9-10H2,1H3,(H,16,20). The molecule has 21 heavy (non-hydrogen) atoms. The summed E-state index contributed by atoms with van der Waals surface area (Å²) in [5.41, 5.74) is 0.786. The van der Waals surface area contributed by atoms with E-state index < -0.39 is 0 Å². The first-order valence-electron chi connectivity index (χ1n) is 7.47. The SMILES string of the molecule is CCC1OCCCC1C(=O)NCc1nnc2ccccn12. The van der Waals surface area contributed by atoms with Crippen LogP contribution in [0.1, 0.15) is 32.0 Å². The number of carbonyl (C=O) groups is 1. The molecule has 1 N–H and O–H groups in total. The summed E-state index contributed by atoms with van der Waals surface area (Å²) in [5.74, 6) is 0.737. The van der Waals surface area contributed by atoms with E-state index in [-0.39, 0.29) is 17.9 Å². The minimum atomic E-state index is -0.0528. The van der Waals surface area contributed by atoms with E-state index in [1.54, 1.807) is 0 Å². The summed E-state index contributed by atoms with van der Waals surface area (Å²) >= 11 is 0. The van der Waals surface area contributed by atoms with Crippen molar-refractivity contribution in [2.45, 2.75) is 38.8 Å². The van der Waals surface area contributed by atoms with Crippen LogP contribution in [0.2, 0.25) is 0 Å². The fourth-order valence-electron chi connectivity index (χ4n) is 2.85. The topological polar surface area (TPSA) is 68.5 Å². The van der Waals surface area contributed by atoms with Crippen molar-refractivity contribution < 1.29 is 9.53 Å². The average molecular weight is 288 g/mol. The molecule has 112 valence electrons. The number of pyridine rings is 1. The second-order valence-corrected chi connectivity index (χ2v) is 5.33. The minimum absolute atomic E-state index is 0.0360. The Balaban J connectivity index is 1.65. The van der Waals surface area contributed by atoms with Gasteiger partial charge in [0.05, 0.1) is 18.6 Å². The summed E-state index contributed by atoms with van der Waals surface area (Å²) in [6.07, 6.45) is 4.64. The van der Waals surface area contributed by atoms with E-state index in [2.05, 4.69) is 22.4 Å². The van der Waals surface area contributed by atoms with Crippen molar-refractivity contribution in [3.63, 3.8) is 0 Å². The third kappa shape index (κ3) is 2.90. The maximum Gasteiger partial charge on any atom is 0.226 e. The van der Waals surface area contributed by atoms with Crippen molar-refractivity contribution >= 4 is 11.6 Å². The summed E-state index contributed by atoms with van der Waals surface area (Å²) in [5, 5.41) is 11.2. The van der Waals surface area contributed by atoms with Gasteiger partial charge in [0.25, 0.3) is 0 Å². The first kappa shape index (κ1) is 14.0. The zero-order valence-corrected chi connectivity index (χ0v) is 12.2. The smallest absolute Gasteiger partial charge is 0.226 e. The Morgan fingerprint density at radius 1 is 1.48 bits per heavy atom. The van der Waals surface area contributed by atoms with Gasteiger partial charge in [-0.2, -0.15) is 0 Å². The average Bonchev–Trinajstić information content (AvgIpc) is 2.96. The molecule has 1 saturated heterocycles. The summed E-state index contributed by atoms with van der Waals surface area (Å²) in [6.45, 7) is 3.20. The monoisotopic (exact) mass is 288 g/mol. The van der Waals surface area contributed by atoms with Gasteiger partial charge in [-0.25, -0.2) is 0 Å². The molecule has 2 aromatic heterocycles. The summed E-state index contributed by atoms with van der Waals surface area (Å²) in [4.78, 5) is 12.4. The van der Waals surface area contributed by atoms with Gasteiger partial charge in [-0.15, -0.1) is 10.2 Å². The van der Waals surface area contributed by atoms with Gasteiger partial charge in [0, 0.05) is 12.8 Å². The van der Waals surface area contributed by atoms with Gasteiger partial charge >= 0.3 is 0 Å². The Kier molecular flexibility index (Phi) is 4.15. The first-order valence-corrected chi connectivity index (χ1v) is 7.47. The molecular formula is C15H20N4O2. The predicted molar refractivity (Wildman–Crippen MR) is 77.6 cm³/mol. The Morgan fingerprint density at radius 2 is 2.38 bits per heavy atom. The lowest BCUT2D eigenvalue weighted by Crippen LogP contribution is -2.41. The van der Waals surface area contributed by atoms with E-state index in [4.69, 9.17) is 4.74 Å². The van der Waals surface area contributed by atoms with Crippen molar-refractivity contribution in [2.24, 2.45) is 5.92 Å².